The van der Waals surface area contributed by atoms with Crippen molar-refractivity contribution in [1.29, 1.82) is 0 Å². The third-order valence-corrected chi connectivity index (χ3v) is 4.30. The van der Waals surface area contributed by atoms with Crippen molar-refractivity contribution in [3.63, 3.8) is 0 Å². The number of Topliss-reactive ketones (excluding diaryl/α,β-unsaturated/α-hetero) is 1. The number of ketones is 1. The average Bonchev–Trinajstić information content (AvgIpc) is 2.76. The van der Waals surface area contributed by atoms with Crippen molar-refractivity contribution in [2.75, 3.05) is 13.2 Å². The summed E-state index contributed by atoms with van der Waals surface area (Å²) in [5, 5.41) is 7.96. The molecule has 0 spiro atoms. The zero-order chi connectivity index (χ0) is 27.9. The van der Waals surface area contributed by atoms with Gasteiger partial charge in [-0.25, -0.2) is 4.79 Å². The fraction of sp³-hybridized carbons (Fsp3) is 0.529. The molecule has 0 bridgehead atoms. The van der Waals surface area contributed by atoms with Crippen LogP contribution in [0.5, 0.6) is 0 Å². The summed E-state index contributed by atoms with van der Waals surface area (Å²) in [6, 6.07) is 5.18. The molecule has 0 unspecified atom stereocenters. The maximum Gasteiger partial charge on any atom is 0.384 e. The normalized spacial score (nSPS) is 14.6. The summed E-state index contributed by atoms with van der Waals surface area (Å²) in [6.07, 6.45) is 0. The molecule has 35 heavy (non-hydrogen) atoms. The maximum atomic E-state index is 13.7. The summed E-state index contributed by atoms with van der Waals surface area (Å²) in [5.74, 6) is -57.7. The number of hydrogen-bond donors (Lipinski definition) is 1. The largest absolute Gasteiger partial charge is 0.453 e. The molecular weight excluding hydrogens is 534 g/mol. The zero-order valence-corrected chi connectivity index (χ0v) is 16.3. The first-order valence-corrected chi connectivity index (χ1v) is 8.48. The SMILES string of the molecule is O=C(OCC(F)(F)C(F)(F)C(F)(F)C(F)(F)C(F)(F)C(F)(F)C(F)(F)CO)C(=O)c1ccccc1. The van der Waals surface area contributed by atoms with E-state index in [2.05, 4.69) is 4.74 Å². The molecule has 0 fully saturated rings. The molecule has 0 heterocycles. The molecular formula is C17H10F14O4. The van der Waals surface area contributed by atoms with Crippen molar-refractivity contribution in [3.05, 3.63) is 35.9 Å². The van der Waals surface area contributed by atoms with Crippen LogP contribution in [0.1, 0.15) is 10.4 Å². The van der Waals surface area contributed by atoms with Gasteiger partial charge >= 0.3 is 47.4 Å². The third-order valence-electron chi connectivity index (χ3n) is 4.30. The summed E-state index contributed by atoms with van der Waals surface area (Å²) < 4.78 is 191. The lowest BCUT2D eigenvalue weighted by atomic mass is 9.89. The van der Waals surface area contributed by atoms with Crippen LogP contribution in [0.4, 0.5) is 61.5 Å². The zero-order valence-electron chi connectivity index (χ0n) is 16.3. The molecule has 0 amide bonds. The monoisotopic (exact) mass is 544 g/mol. The van der Waals surface area contributed by atoms with Gasteiger partial charge in [-0.3, -0.25) is 4.79 Å². The van der Waals surface area contributed by atoms with E-state index in [0.717, 1.165) is 24.3 Å². The van der Waals surface area contributed by atoms with Crippen molar-refractivity contribution in [2.24, 2.45) is 0 Å². The molecule has 1 aromatic rings. The van der Waals surface area contributed by atoms with Crippen molar-refractivity contribution in [2.45, 2.75) is 41.5 Å². The van der Waals surface area contributed by atoms with Crippen LogP contribution in [-0.4, -0.2) is 71.5 Å². The molecule has 4 nitrogen and oxygen atoms in total. The number of alkyl halides is 14. The first kappa shape index (κ1) is 30.4. The van der Waals surface area contributed by atoms with Crippen LogP contribution in [0, 0.1) is 0 Å². The van der Waals surface area contributed by atoms with Gasteiger partial charge in [0.2, 0.25) is 0 Å². The fourth-order valence-corrected chi connectivity index (χ4v) is 2.17. The van der Waals surface area contributed by atoms with Crippen LogP contribution >= 0.6 is 0 Å². The number of halogens is 14. The number of hydrogen-bond acceptors (Lipinski definition) is 4. The fourth-order valence-electron chi connectivity index (χ4n) is 2.17. The quantitative estimate of drug-likeness (QED) is 0.187. The van der Waals surface area contributed by atoms with E-state index in [1.54, 1.807) is 0 Å². The Balaban J connectivity index is 3.30. The van der Waals surface area contributed by atoms with Gasteiger partial charge in [0, 0.05) is 5.56 Å². The minimum Gasteiger partial charge on any atom is -0.453 e. The van der Waals surface area contributed by atoms with Gasteiger partial charge in [0.05, 0.1) is 0 Å². The van der Waals surface area contributed by atoms with Crippen LogP contribution in [0.25, 0.3) is 0 Å². The van der Waals surface area contributed by atoms with Gasteiger partial charge in [-0.05, 0) is 0 Å². The number of aliphatic hydroxyl groups excluding tert-OH is 1. The van der Waals surface area contributed by atoms with Crippen LogP contribution < -0.4 is 0 Å². The second-order valence-corrected chi connectivity index (χ2v) is 6.71. The van der Waals surface area contributed by atoms with E-state index in [4.69, 9.17) is 5.11 Å². The lowest BCUT2D eigenvalue weighted by Crippen LogP contribution is -2.73. The van der Waals surface area contributed by atoms with Gasteiger partial charge in [0.1, 0.15) is 6.61 Å². The van der Waals surface area contributed by atoms with E-state index in [9.17, 15) is 71.1 Å². The summed E-state index contributed by atoms with van der Waals surface area (Å²) in [7, 11) is 0. The van der Waals surface area contributed by atoms with Gasteiger partial charge in [0.25, 0.3) is 5.78 Å². The highest BCUT2D eigenvalue weighted by Crippen LogP contribution is 2.62. The van der Waals surface area contributed by atoms with Crippen LogP contribution in [-0.2, 0) is 9.53 Å². The third kappa shape index (κ3) is 4.63. The number of carbonyl (C=O) groups is 2. The molecule has 0 saturated heterocycles. The molecule has 1 N–H and O–H groups in total. The highest BCUT2D eigenvalue weighted by molar-refractivity contribution is 6.40. The maximum absolute atomic E-state index is 13.7. The Labute approximate surface area is 184 Å². The molecule has 0 atom stereocenters. The van der Waals surface area contributed by atoms with Crippen molar-refractivity contribution >= 4 is 11.8 Å². The van der Waals surface area contributed by atoms with Crippen molar-refractivity contribution in [1.82, 2.24) is 0 Å². The Kier molecular flexibility index (Phi) is 7.89. The topological polar surface area (TPSA) is 63.6 Å². The average molecular weight is 544 g/mol. The van der Waals surface area contributed by atoms with E-state index < -0.39 is 72.0 Å². The lowest BCUT2D eigenvalue weighted by Gasteiger charge is -2.42. The van der Waals surface area contributed by atoms with E-state index in [-0.39, 0.29) is 0 Å². The highest BCUT2D eigenvalue weighted by Gasteiger charge is 2.92. The number of ether oxygens (including phenoxy) is 1. The second-order valence-electron chi connectivity index (χ2n) is 6.71. The number of aliphatic hydroxyl groups is 1. The molecule has 18 heteroatoms. The lowest BCUT2D eigenvalue weighted by molar-refractivity contribution is -0.443. The highest BCUT2D eigenvalue weighted by atomic mass is 19.4. The predicted molar refractivity (Wildman–Crippen MR) is 83.4 cm³/mol. The van der Waals surface area contributed by atoms with Crippen LogP contribution in [0.15, 0.2) is 30.3 Å². The van der Waals surface area contributed by atoms with Gasteiger partial charge in [0.15, 0.2) is 6.61 Å². The van der Waals surface area contributed by atoms with E-state index >= 15 is 0 Å². The Morgan fingerprint density at radius 2 is 1.00 bits per heavy atom. The Morgan fingerprint density at radius 1 is 0.629 bits per heavy atom. The first-order chi connectivity index (χ1) is 15.5. The smallest absolute Gasteiger partial charge is 0.384 e. The molecule has 0 aliphatic carbocycles. The number of carbonyl (C=O) groups excluding carboxylic acids is 2. The van der Waals surface area contributed by atoms with Crippen molar-refractivity contribution < 1.29 is 80.9 Å². The van der Waals surface area contributed by atoms with Crippen molar-refractivity contribution in [3.8, 4) is 0 Å². The number of benzene rings is 1. The molecule has 0 saturated carbocycles. The second kappa shape index (κ2) is 9.09. The van der Waals surface area contributed by atoms with Gasteiger partial charge in [-0.1, -0.05) is 30.3 Å². The van der Waals surface area contributed by atoms with E-state index in [0.29, 0.717) is 0 Å². The Morgan fingerprint density at radius 3 is 1.40 bits per heavy atom. The molecule has 1 aromatic carbocycles. The van der Waals surface area contributed by atoms with E-state index in [1.165, 1.54) is 6.07 Å². The minimum absolute atomic E-state index is 0.615. The number of rotatable bonds is 11. The molecule has 0 aromatic heterocycles. The number of esters is 1. The van der Waals surface area contributed by atoms with Crippen LogP contribution in [0.3, 0.4) is 0 Å². The molecule has 0 aliphatic heterocycles. The summed E-state index contributed by atoms with van der Waals surface area (Å²) >= 11 is 0. The van der Waals surface area contributed by atoms with Gasteiger partial charge in [-0.2, -0.15) is 61.5 Å². The summed E-state index contributed by atoms with van der Waals surface area (Å²) in [5.41, 5.74) is -0.615. The van der Waals surface area contributed by atoms with Gasteiger partial charge < -0.3 is 9.84 Å². The standard InChI is InChI=1S/C17H10F14O4/c18-11(19,6-32)13(22,23)15(26,27)17(30,31)16(28,29)14(24,25)12(20,21)7-35-10(34)9(33)8-4-2-1-3-5-8/h1-5,32H,6-7H2. The minimum atomic E-state index is -8.32. The summed E-state index contributed by atoms with van der Waals surface area (Å²) in [4.78, 5) is 23.0. The Bertz CT molecular complexity index is 930. The van der Waals surface area contributed by atoms with Gasteiger partial charge in [-0.15, -0.1) is 0 Å². The molecule has 0 radical (unpaired) electrons. The molecule has 0 aliphatic rings. The molecule has 200 valence electrons. The summed E-state index contributed by atoms with van der Waals surface area (Å²) in [6.45, 7) is -6.70. The van der Waals surface area contributed by atoms with E-state index in [1.807, 2.05) is 0 Å². The predicted octanol–water partition coefficient (Wildman–Crippen LogP) is 4.85. The Hall–Kier alpha value is -2.66. The first-order valence-electron chi connectivity index (χ1n) is 8.48. The molecule has 1 rings (SSSR count). The van der Waals surface area contributed by atoms with Crippen LogP contribution in [0.2, 0.25) is 0 Å².